The Balaban J connectivity index is 3.08. The molecule has 0 fully saturated rings. The van der Waals surface area contributed by atoms with E-state index in [0.717, 1.165) is 0 Å². The number of nitrogens with zero attached hydrogens (tertiary/aromatic N) is 1. The molecule has 1 amide bonds. The first-order chi connectivity index (χ1) is 8.81. The minimum atomic E-state index is -1.08. The number of anilines is 1. The fraction of sp³-hybridized carbons (Fsp3) is 0.417. The Hall–Kier alpha value is -2.15. The third-order valence-electron chi connectivity index (χ3n) is 2.71. The highest BCUT2D eigenvalue weighted by Crippen LogP contribution is 2.29. The van der Waals surface area contributed by atoms with Crippen molar-refractivity contribution >= 4 is 17.3 Å². The first kappa shape index (κ1) is 14.9. The van der Waals surface area contributed by atoms with Crippen molar-refractivity contribution in [1.82, 2.24) is 0 Å². The van der Waals surface area contributed by atoms with Crippen molar-refractivity contribution < 1.29 is 19.2 Å². The first-order valence-electron chi connectivity index (χ1n) is 5.51. The monoisotopic (exact) mass is 268 g/mol. The summed E-state index contributed by atoms with van der Waals surface area (Å²) in [4.78, 5) is 22.3. The highest BCUT2D eigenvalue weighted by molar-refractivity contribution is 5.98. The molecular weight excluding hydrogens is 252 g/mol. The summed E-state index contributed by atoms with van der Waals surface area (Å²) < 4.78 is 9.92. The molecule has 0 bridgehead atoms. The van der Waals surface area contributed by atoms with Gasteiger partial charge in [0.15, 0.2) is 0 Å². The second-order valence-corrected chi connectivity index (χ2v) is 4.31. The molecule has 0 atom stereocenters. The standard InChI is InChI=1S/C12H16N2O5/c1-12(2,19-4)11(15)13-9-6-5-8(18-3)7-10(9)14(16)17/h5-7H,1-4H3,(H,13,15). The molecule has 0 saturated heterocycles. The zero-order valence-electron chi connectivity index (χ0n) is 11.2. The Morgan fingerprint density at radius 1 is 1.37 bits per heavy atom. The molecule has 0 radical (unpaired) electrons. The lowest BCUT2D eigenvalue weighted by atomic mass is 10.1. The van der Waals surface area contributed by atoms with E-state index in [2.05, 4.69) is 5.32 Å². The molecule has 1 aromatic rings. The Labute approximate surface area is 110 Å². The van der Waals surface area contributed by atoms with Crippen LogP contribution in [0.15, 0.2) is 18.2 Å². The number of methoxy groups -OCH3 is 2. The summed E-state index contributed by atoms with van der Waals surface area (Å²) in [7, 11) is 2.80. The molecular formula is C12H16N2O5. The highest BCUT2D eigenvalue weighted by Gasteiger charge is 2.29. The fourth-order valence-corrected chi connectivity index (χ4v) is 1.26. The van der Waals surface area contributed by atoms with E-state index in [1.807, 2.05) is 0 Å². The van der Waals surface area contributed by atoms with Gasteiger partial charge in [-0.05, 0) is 26.0 Å². The Morgan fingerprint density at radius 3 is 2.47 bits per heavy atom. The predicted octanol–water partition coefficient (Wildman–Crippen LogP) is 1.97. The van der Waals surface area contributed by atoms with Gasteiger partial charge < -0.3 is 14.8 Å². The van der Waals surface area contributed by atoms with E-state index >= 15 is 0 Å². The molecule has 0 heterocycles. The molecule has 0 aliphatic rings. The van der Waals surface area contributed by atoms with Crippen LogP contribution in [0.5, 0.6) is 5.75 Å². The topological polar surface area (TPSA) is 90.7 Å². The number of benzene rings is 1. The lowest BCUT2D eigenvalue weighted by molar-refractivity contribution is -0.384. The van der Waals surface area contributed by atoms with Crippen LogP contribution >= 0.6 is 0 Å². The maximum Gasteiger partial charge on any atom is 0.296 e. The van der Waals surface area contributed by atoms with E-state index in [1.54, 1.807) is 13.8 Å². The molecule has 0 saturated carbocycles. The van der Waals surface area contributed by atoms with Gasteiger partial charge in [-0.3, -0.25) is 14.9 Å². The van der Waals surface area contributed by atoms with Crippen LogP contribution in [0.1, 0.15) is 13.8 Å². The van der Waals surface area contributed by atoms with E-state index in [-0.39, 0.29) is 11.4 Å². The Bertz CT molecular complexity index is 499. The van der Waals surface area contributed by atoms with Crippen LogP contribution in [0.2, 0.25) is 0 Å². The lowest BCUT2D eigenvalue weighted by Crippen LogP contribution is -2.38. The average Bonchev–Trinajstić information content (AvgIpc) is 2.38. The van der Waals surface area contributed by atoms with Gasteiger partial charge in [0.25, 0.3) is 11.6 Å². The van der Waals surface area contributed by atoms with E-state index < -0.39 is 16.4 Å². The number of ether oxygens (including phenoxy) is 2. The van der Waals surface area contributed by atoms with Gasteiger partial charge in [0.2, 0.25) is 0 Å². The summed E-state index contributed by atoms with van der Waals surface area (Å²) in [5, 5.41) is 13.4. The summed E-state index contributed by atoms with van der Waals surface area (Å²) in [5.74, 6) is -0.126. The van der Waals surface area contributed by atoms with Gasteiger partial charge in [-0.25, -0.2) is 0 Å². The molecule has 0 aliphatic carbocycles. The van der Waals surface area contributed by atoms with Gasteiger partial charge in [-0.15, -0.1) is 0 Å². The number of nitrogens with one attached hydrogen (secondary N) is 1. The smallest absolute Gasteiger partial charge is 0.296 e. The normalized spacial score (nSPS) is 10.9. The molecule has 0 unspecified atom stereocenters. The highest BCUT2D eigenvalue weighted by atomic mass is 16.6. The maximum atomic E-state index is 11.9. The summed E-state index contributed by atoms with van der Waals surface area (Å²) in [6.07, 6.45) is 0. The van der Waals surface area contributed by atoms with Crippen LogP contribution in [0.4, 0.5) is 11.4 Å². The van der Waals surface area contributed by atoms with Crippen LogP contribution < -0.4 is 10.1 Å². The molecule has 7 heteroatoms. The van der Waals surface area contributed by atoms with Crippen molar-refractivity contribution in [3.05, 3.63) is 28.3 Å². The molecule has 0 aromatic heterocycles. The van der Waals surface area contributed by atoms with Crippen molar-refractivity contribution in [3.8, 4) is 5.75 Å². The van der Waals surface area contributed by atoms with Crippen LogP contribution in [0, 0.1) is 10.1 Å². The van der Waals surface area contributed by atoms with Crippen molar-refractivity contribution in [1.29, 1.82) is 0 Å². The minimum Gasteiger partial charge on any atom is -0.496 e. The third-order valence-corrected chi connectivity index (χ3v) is 2.71. The van der Waals surface area contributed by atoms with Gasteiger partial charge in [0, 0.05) is 7.11 Å². The molecule has 0 aliphatic heterocycles. The number of hydrogen-bond donors (Lipinski definition) is 1. The SMILES string of the molecule is COc1ccc(NC(=O)C(C)(C)OC)c([N+](=O)[O-])c1. The molecule has 19 heavy (non-hydrogen) atoms. The van der Waals surface area contributed by atoms with Gasteiger partial charge in [-0.1, -0.05) is 0 Å². The summed E-state index contributed by atoms with van der Waals surface area (Å²) >= 11 is 0. The maximum absolute atomic E-state index is 11.9. The van der Waals surface area contributed by atoms with Crippen molar-refractivity contribution in [2.24, 2.45) is 0 Å². The molecule has 104 valence electrons. The lowest BCUT2D eigenvalue weighted by Gasteiger charge is -2.21. The number of nitro benzene ring substituents is 1. The van der Waals surface area contributed by atoms with Crippen LogP contribution in [0.25, 0.3) is 0 Å². The van der Waals surface area contributed by atoms with E-state index in [4.69, 9.17) is 9.47 Å². The zero-order chi connectivity index (χ0) is 14.6. The molecule has 1 rings (SSSR count). The van der Waals surface area contributed by atoms with Crippen LogP contribution in [-0.2, 0) is 9.53 Å². The summed E-state index contributed by atoms with van der Waals surface area (Å²) in [6, 6.07) is 4.19. The van der Waals surface area contributed by atoms with E-state index in [0.29, 0.717) is 5.75 Å². The van der Waals surface area contributed by atoms with Gasteiger partial charge in [-0.2, -0.15) is 0 Å². The summed E-state index contributed by atoms with van der Waals surface area (Å²) in [6.45, 7) is 3.13. The molecule has 0 spiro atoms. The van der Waals surface area contributed by atoms with Crippen molar-refractivity contribution in [3.63, 3.8) is 0 Å². The molecule has 1 N–H and O–H groups in total. The fourth-order valence-electron chi connectivity index (χ4n) is 1.26. The summed E-state index contributed by atoms with van der Waals surface area (Å²) in [5.41, 5.74) is -1.21. The van der Waals surface area contributed by atoms with E-state index in [9.17, 15) is 14.9 Å². The Morgan fingerprint density at radius 2 is 2.00 bits per heavy atom. The van der Waals surface area contributed by atoms with Crippen molar-refractivity contribution in [2.45, 2.75) is 19.4 Å². The number of amides is 1. The van der Waals surface area contributed by atoms with E-state index in [1.165, 1.54) is 32.4 Å². The second kappa shape index (κ2) is 5.66. The number of hydrogen-bond acceptors (Lipinski definition) is 5. The first-order valence-corrected chi connectivity index (χ1v) is 5.51. The van der Waals surface area contributed by atoms with Crippen LogP contribution in [-0.4, -0.2) is 30.7 Å². The minimum absolute atomic E-state index is 0.0981. The number of nitro groups is 1. The van der Waals surface area contributed by atoms with Gasteiger partial charge in [0.05, 0.1) is 18.1 Å². The predicted molar refractivity (Wildman–Crippen MR) is 69.4 cm³/mol. The molecule has 7 nitrogen and oxygen atoms in total. The van der Waals surface area contributed by atoms with Crippen molar-refractivity contribution in [2.75, 3.05) is 19.5 Å². The largest absolute Gasteiger partial charge is 0.496 e. The second-order valence-electron chi connectivity index (χ2n) is 4.31. The number of carbonyl (C=O) groups excluding carboxylic acids is 1. The van der Waals surface area contributed by atoms with Crippen LogP contribution in [0.3, 0.4) is 0 Å². The number of carbonyl (C=O) groups is 1. The zero-order valence-corrected chi connectivity index (χ0v) is 11.2. The quantitative estimate of drug-likeness (QED) is 0.651. The Kier molecular flexibility index (Phi) is 4.44. The van der Waals surface area contributed by atoms with Gasteiger partial charge in [0.1, 0.15) is 17.0 Å². The number of rotatable bonds is 5. The molecule has 1 aromatic carbocycles. The third kappa shape index (κ3) is 3.41. The average molecular weight is 268 g/mol. The van der Waals surface area contributed by atoms with Gasteiger partial charge >= 0.3 is 0 Å².